The van der Waals surface area contributed by atoms with Crippen molar-refractivity contribution in [2.24, 2.45) is 5.73 Å². The van der Waals surface area contributed by atoms with Gasteiger partial charge in [-0.15, -0.1) is 0 Å². The van der Waals surface area contributed by atoms with Gasteiger partial charge in [-0.1, -0.05) is 12.1 Å². The molecule has 1 aromatic heterocycles. The fourth-order valence-corrected chi connectivity index (χ4v) is 2.92. The van der Waals surface area contributed by atoms with Crippen molar-refractivity contribution in [3.8, 4) is 0 Å². The Labute approximate surface area is 116 Å². The molecule has 102 valence electrons. The molecular formula is C15H18FNOS. The van der Waals surface area contributed by atoms with Crippen LogP contribution in [0.4, 0.5) is 4.39 Å². The van der Waals surface area contributed by atoms with E-state index in [4.69, 9.17) is 5.73 Å². The van der Waals surface area contributed by atoms with Gasteiger partial charge in [-0.3, -0.25) is 0 Å². The summed E-state index contributed by atoms with van der Waals surface area (Å²) in [5.74, 6) is -0.273. The van der Waals surface area contributed by atoms with Crippen LogP contribution in [0.15, 0.2) is 41.1 Å². The van der Waals surface area contributed by atoms with Crippen molar-refractivity contribution in [2.45, 2.75) is 18.3 Å². The molecule has 0 aliphatic carbocycles. The van der Waals surface area contributed by atoms with Crippen molar-refractivity contribution in [2.75, 3.05) is 13.2 Å². The molecule has 0 fully saturated rings. The third-order valence-corrected chi connectivity index (χ3v) is 4.35. The van der Waals surface area contributed by atoms with E-state index in [0.29, 0.717) is 6.54 Å². The third-order valence-electron chi connectivity index (χ3n) is 3.62. The minimum atomic E-state index is -0.490. The van der Waals surface area contributed by atoms with E-state index >= 15 is 0 Å². The van der Waals surface area contributed by atoms with Gasteiger partial charge in [0, 0.05) is 12.0 Å². The summed E-state index contributed by atoms with van der Waals surface area (Å²) >= 11 is 1.66. The molecule has 0 saturated heterocycles. The maximum atomic E-state index is 13.0. The zero-order valence-electron chi connectivity index (χ0n) is 10.7. The van der Waals surface area contributed by atoms with Crippen LogP contribution in [0.2, 0.25) is 0 Å². The van der Waals surface area contributed by atoms with E-state index in [1.165, 1.54) is 17.7 Å². The quantitative estimate of drug-likeness (QED) is 0.854. The molecule has 1 atom stereocenters. The van der Waals surface area contributed by atoms with Gasteiger partial charge in [0.1, 0.15) is 5.82 Å². The van der Waals surface area contributed by atoms with Gasteiger partial charge < -0.3 is 10.8 Å². The minimum absolute atomic E-state index is 0.0285. The number of halogens is 1. The Morgan fingerprint density at radius 3 is 2.47 bits per heavy atom. The lowest BCUT2D eigenvalue weighted by molar-refractivity contribution is 0.188. The number of hydrogen-bond acceptors (Lipinski definition) is 3. The van der Waals surface area contributed by atoms with E-state index in [1.807, 2.05) is 5.38 Å². The van der Waals surface area contributed by atoms with Crippen LogP contribution < -0.4 is 5.73 Å². The Bertz CT molecular complexity index is 491. The molecule has 4 heteroatoms. The molecule has 2 nitrogen and oxygen atoms in total. The van der Waals surface area contributed by atoms with Crippen LogP contribution in [0.25, 0.3) is 0 Å². The molecule has 2 rings (SSSR count). The van der Waals surface area contributed by atoms with E-state index in [9.17, 15) is 9.50 Å². The summed E-state index contributed by atoms with van der Waals surface area (Å²) in [5.41, 5.74) is 7.53. The Hall–Kier alpha value is -1.23. The van der Waals surface area contributed by atoms with Gasteiger partial charge in [0.2, 0.25) is 0 Å². The lowest BCUT2D eigenvalue weighted by Crippen LogP contribution is -2.39. The van der Waals surface area contributed by atoms with E-state index in [2.05, 4.69) is 11.4 Å². The molecule has 1 aromatic carbocycles. The summed E-state index contributed by atoms with van der Waals surface area (Å²) in [7, 11) is 0. The predicted molar refractivity (Wildman–Crippen MR) is 76.9 cm³/mol. The SMILES string of the molecule is NCC(CO)(CCc1ccsc1)c1ccc(F)cc1. The highest BCUT2D eigenvalue weighted by Gasteiger charge is 2.29. The van der Waals surface area contributed by atoms with Crippen molar-refractivity contribution >= 4 is 11.3 Å². The fourth-order valence-electron chi connectivity index (χ4n) is 2.22. The number of nitrogens with two attached hydrogens (primary N) is 1. The summed E-state index contributed by atoms with van der Waals surface area (Å²) in [6.07, 6.45) is 1.61. The minimum Gasteiger partial charge on any atom is -0.395 e. The molecule has 19 heavy (non-hydrogen) atoms. The fraction of sp³-hybridized carbons (Fsp3) is 0.333. The van der Waals surface area contributed by atoms with Crippen LogP contribution in [-0.2, 0) is 11.8 Å². The Kier molecular flexibility index (Phi) is 4.69. The van der Waals surface area contributed by atoms with Gasteiger partial charge in [0.05, 0.1) is 6.61 Å². The first-order valence-electron chi connectivity index (χ1n) is 6.28. The largest absolute Gasteiger partial charge is 0.395 e. The first-order valence-corrected chi connectivity index (χ1v) is 7.22. The molecule has 0 radical (unpaired) electrons. The monoisotopic (exact) mass is 279 g/mol. The Balaban J connectivity index is 2.19. The maximum absolute atomic E-state index is 13.0. The normalized spacial score (nSPS) is 14.3. The molecule has 2 aromatic rings. The van der Waals surface area contributed by atoms with Gasteiger partial charge in [0.25, 0.3) is 0 Å². The van der Waals surface area contributed by atoms with Crippen molar-refractivity contribution in [1.29, 1.82) is 0 Å². The van der Waals surface area contributed by atoms with Crippen molar-refractivity contribution < 1.29 is 9.50 Å². The number of aryl methyl sites for hydroxylation is 1. The molecule has 0 amide bonds. The van der Waals surface area contributed by atoms with E-state index < -0.39 is 5.41 Å². The summed E-state index contributed by atoms with van der Waals surface area (Å²) in [6.45, 7) is 0.318. The van der Waals surface area contributed by atoms with Gasteiger partial charge in [-0.25, -0.2) is 4.39 Å². The second-order valence-electron chi connectivity index (χ2n) is 4.78. The van der Waals surface area contributed by atoms with Gasteiger partial charge in [-0.05, 0) is 52.9 Å². The second-order valence-corrected chi connectivity index (χ2v) is 5.56. The number of thiophene rings is 1. The van der Waals surface area contributed by atoms with Crippen LogP contribution in [0.1, 0.15) is 17.5 Å². The number of rotatable bonds is 6. The number of aliphatic hydroxyl groups excluding tert-OH is 1. The molecule has 0 aliphatic heterocycles. The average Bonchev–Trinajstić information content (AvgIpc) is 2.95. The van der Waals surface area contributed by atoms with Crippen molar-refractivity contribution in [3.05, 3.63) is 58.0 Å². The maximum Gasteiger partial charge on any atom is 0.123 e. The Morgan fingerprint density at radius 2 is 1.95 bits per heavy atom. The van der Waals surface area contributed by atoms with E-state index in [0.717, 1.165) is 18.4 Å². The topological polar surface area (TPSA) is 46.2 Å². The van der Waals surface area contributed by atoms with Gasteiger partial charge in [-0.2, -0.15) is 11.3 Å². The van der Waals surface area contributed by atoms with Crippen LogP contribution in [0.3, 0.4) is 0 Å². The first-order chi connectivity index (χ1) is 9.20. The van der Waals surface area contributed by atoms with Crippen LogP contribution in [0.5, 0.6) is 0 Å². The lowest BCUT2D eigenvalue weighted by atomic mass is 9.77. The standard InChI is InChI=1S/C15H18FNOS/c16-14-3-1-13(2-4-14)15(10-17,11-18)7-5-12-6-8-19-9-12/h1-4,6,8-9,18H,5,7,10-11,17H2. The molecular weight excluding hydrogens is 261 g/mol. The second kappa shape index (κ2) is 6.28. The van der Waals surface area contributed by atoms with E-state index in [-0.39, 0.29) is 12.4 Å². The van der Waals surface area contributed by atoms with Crippen molar-refractivity contribution in [1.82, 2.24) is 0 Å². The number of aliphatic hydroxyl groups is 1. The first kappa shape index (κ1) is 14.2. The van der Waals surface area contributed by atoms with Crippen LogP contribution in [-0.4, -0.2) is 18.3 Å². The zero-order valence-corrected chi connectivity index (χ0v) is 11.5. The Morgan fingerprint density at radius 1 is 1.21 bits per heavy atom. The highest BCUT2D eigenvalue weighted by Crippen LogP contribution is 2.29. The molecule has 0 aliphatic rings. The molecule has 0 spiro atoms. The molecule has 3 N–H and O–H groups in total. The van der Waals surface area contributed by atoms with Crippen LogP contribution in [0, 0.1) is 5.82 Å². The molecule has 1 heterocycles. The number of hydrogen-bond donors (Lipinski definition) is 2. The summed E-state index contributed by atoms with van der Waals surface area (Å²) in [5, 5.41) is 13.9. The van der Waals surface area contributed by atoms with Crippen molar-refractivity contribution in [3.63, 3.8) is 0 Å². The zero-order chi connectivity index (χ0) is 13.7. The highest BCUT2D eigenvalue weighted by molar-refractivity contribution is 7.07. The molecule has 1 unspecified atom stereocenters. The number of benzene rings is 1. The van der Waals surface area contributed by atoms with Gasteiger partial charge in [0.15, 0.2) is 0 Å². The average molecular weight is 279 g/mol. The highest BCUT2D eigenvalue weighted by atomic mass is 32.1. The third kappa shape index (κ3) is 3.21. The molecule has 0 saturated carbocycles. The summed E-state index contributed by atoms with van der Waals surface area (Å²) in [6, 6.07) is 8.34. The summed E-state index contributed by atoms with van der Waals surface area (Å²) < 4.78 is 13.0. The van der Waals surface area contributed by atoms with Crippen LogP contribution >= 0.6 is 11.3 Å². The van der Waals surface area contributed by atoms with Gasteiger partial charge >= 0.3 is 0 Å². The lowest BCUT2D eigenvalue weighted by Gasteiger charge is -2.31. The predicted octanol–water partition coefficient (Wildman–Crippen LogP) is 2.71. The smallest absolute Gasteiger partial charge is 0.123 e. The molecule has 0 bridgehead atoms. The van der Waals surface area contributed by atoms with E-state index in [1.54, 1.807) is 23.5 Å². The summed E-state index contributed by atoms with van der Waals surface area (Å²) in [4.78, 5) is 0.